The molecule has 0 spiro atoms. The number of nitro groups is 1. The molecule has 0 saturated carbocycles. The molecule has 1 aromatic heterocycles. The lowest BCUT2D eigenvalue weighted by atomic mass is 10.1. The highest BCUT2D eigenvalue weighted by Crippen LogP contribution is 2.30. The summed E-state index contributed by atoms with van der Waals surface area (Å²) in [6.07, 6.45) is 0.916. The number of non-ortho nitro benzene ring substituents is 1. The summed E-state index contributed by atoms with van der Waals surface area (Å²) in [6, 6.07) is 7.12. The Balaban J connectivity index is 2.74. The Labute approximate surface area is 106 Å². The fourth-order valence-electron chi connectivity index (χ4n) is 2.43. The van der Waals surface area contributed by atoms with Crippen molar-refractivity contribution in [3.8, 4) is 0 Å². The van der Waals surface area contributed by atoms with Crippen molar-refractivity contribution in [2.45, 2.75) is 39.7 Å². The first kappa shape index (κ1) is 12.6. The van der Waals surface area contributed by atoms with Gasteiger partial charge >= 0.3 is 0 Å². The number of aromatic nitrogens is 1. The highest BCUT2D eigenvalue weighted by atomic mass is 16.6. The molecule has 18 heavy (non-hydrogen) atoms. The van der Waals surface area contributed by atoms with Gasteiger partial charge in [0.05, 0.1) is 4.92 Å². The molecule has 0 N–H and O–H groups in total. The number of hydrogen-bond donors (Lipinski definition) is 0. The van der Waals surface area contributed by atoms with Gasteiger partial charge in [-0.3, -0.25) is 10.1 Å². The van der Waals surface area contributed by atoms with Gasteiger partial charge in [0.25, 0.3) is 5.69 Å². The van der Waals surface area contributed by atoms with Crippen LogP contribution in [0.3, 0.4) is 0 Å². The maximum Gasteiger partial charge on any atom is 0.270 e. The molecule has 0 aliphatic carbocycles. The second-order valence-electron chi connectivity index (χ2n) is 5.50. The smallest absolute Gasteiger partial charge is 0.270 e. The van der Waals surface area contributed by atoms with Crippen LogP contribution in [0, 0.1) is 10.1 Å². The van der Waals surface area contributed by atoms with Gasteiger partial charge in [0, 0.05) is 34.3 Å². The van der Waals surface area contributed by atoms with Gasteiger partial charge in [0.15, 0.2) is 0 Å². The first-order valence-corrected chi connectivity index (χ1v) is 6.14. The van der Waals surface area contributed by atoms with Crippen molar-refractivity contribution < 1.29 is 4.92 Å². The van der Waals surface area contributed by atoms with Gasteiger partial charge < -0.3 is 4.57 Å². The first-order chi connectivity index (χ1) is 8.34. The minimum atomic E-state index is -0.348. The highest BCUT2D eigenvalue weighted by Gasteiger charge is 2.20. The van der Waals surface area contributed by atoms with Crippen molar-refractivity contribution in [1.82, 2.24) is 4.57 Å². The lowest BCUT2D eigenvalue weighted by Crippen LogP contribution is -2.23. The summed E-state index contributed by atoms with van der Waals surface area (Å²) in [5, 5.41) is 11.7. The van der Waals surface area contributed by atoms with Crippen LogP contribution in [0.4, 0.5) is 5.69 Å². The van der Waals surface area contributed by atoms with E-state index in [1.54, 1.807) is 12.1 Å². The number of nitrogens with zero attached hydrogens (tertiary/aromatic N) is 2. The molecule has 1 aromatic carbocycles. The van der Waals surface area contributed by atoms with Gasteiger partial charge in [-0.25, -0.2) is 0 Å². The van der Waals surface area contributed by atoms with E-state index in [0.717, 1.165) is 17.3 Å². The molecule has 0 aliphatic rings. The van der Waals surface area contributed by atoms with E-state index in [4.69, 9.17) is 0 Å². The maximum absolute atomic E-state index is 10.8. The van der Waals surface area contributed by atoms with Crippen LogP contribution in [0.25, 0.3) is 10.9 Å². The Morgan fingerprint density at radius 3 is 2.44 bits per heavy atom. The van der Waals surface area contributed by atoms with Crippen LogP contribution in [0.1, 0.15) is 33.4 Å². The average Bonchev–Trinajstić information content (AvgIpc) is 2.65. The number of nitro benzene ring substituents is 1. The summed E-state index contributed by atoms with van der Waals surface area (Å²) in [5.41, 5.74) is 2.39. The van der Waals surface area contributed by atoms with Crippen molar-refractivity contribution in [2.24, 2.45) is 0 Å². The summed E-state index contributed by atoms with van der Waals surface area (Å²) in [6.45, 7) is 8.54. The van der Waals surface area contributed by atoms with E-state index in [-0.39, 0.29) is 16.1 Å². The Bertz CT molecular complexity index is 606. The van der Waals surface area contributed by atoms with Crippen LogP contribution in [0.2, 0.25) is 0 Å². The van der Waals surface area contributed by atoms with Crippen LogP contribution in [0.5, 0.6) is 0 Å². The third kappa shape index (κ3) is 1.98. The number of aryl methyl sites for hydroxylation is 1. The van der Waals surface area contributed by atoms with Crippen molar-refractivity contribution in [3.05, 3.63) is 40.1 Å². The monoisotopic (exact) mass is 246 g/mol. The normalized spacial score (nSPS) is 12.0. The Morgan fingerprint density at radius 2 is 1.94 bits per heavy atom. The van der Waals surface area contributed by atoms with E-state index in [9.17, 15) is 10.1 Å². The molecule has 0 amide bonds. The SMILES string of the molecule is CCc1cc2cc([N+](=O)[O-])ccc2n1C(C)(C)C. The van der Waals surface area contributed by atoms with Crippen molar-refractivity contribution in [3.63, 3.8) is 0 Å². The quantitative estimate of drug-likeness (QED) is 0.596. The average molecular weight is 246 g/mol. The van der Waals surface area contributed by atoms with Crippen molar-refractivity contribution >= 4 is 16.6 Å². The molecule has 0 fully saturated rings. The Morgan fingerprint density at radius 1 is 1.28 bits per heavy atom. The summed E-state index contributed by atoms with van der Waals surface area (Å²) in [4.78, 5) is 10.5. The molecular formula is C14H18N2O2. The minimum absolute atomic E-state index is 0.0246. The molecule has 2 rings (SSSR count). The zero-order chi connectivity index (χ0) is 13.5. The largest absolute Gasteiger partial charge is 0.339 e. The van der Waals surface area contributed by atoms with Crippen LogP contribution in [-0.4, -0.2) is 9.49 Å². The third-order valence-corrected chi connectivity index (χ3v) is 3.11. The predicted molar refractivity (Wildman–Crippen MR) is 73.0 cm³/mol. The first-order valence-electron chi connectivity index (χ1n) is 6.14. The third-order valence-electron chi connectivity index (χ3n) is 3.11. The Kier molecular flexibility index (Phi) is 2.89. The fraction of sp³-hybridized carbons (Fsp3) is 0.429. The second-order valence-corrected chi connectivity index (χ2v) is 5.50. The standard InChI is InChI=1S/C14H18N2O2/c1-5-11-8-10-9-12(16(17)18)6-7-13(10)15(11)14(2,3)4/h6-9H,5H2,1-4H3. The second kappa shape index (κ2) is 4.12. The zero-order valence-electron chi connectivity index (χ0n) is 11.2. The molecule has 96 valence electrons. The maximum atomic E-state index is 10.8. The lowest BCUT2D eigenvalue weighted by molar-refractivity contribution is -0.384. The van der Waals surface area contributed by atoms with Gasteiger partial charge in [0.1, 0.15) is 0 Å². The van der Waals surface area contributed by atoms with E-state index in [0.29, 0.717) is 0 Å². The molecular weight excluding hydrogens is 228 g/mol. The van der Waals surface area contributed by atoms with Crippen molar-refractivity contribution in [1.29, 1.82) is 0 Å². The van der Waals surface area contributed by atoms with Crippen LogP contribution < -0.4 is 0 Å². The topological polar surface area (TPSA) is 48.1 Å². The number of fused-ring (bicyclic) bond motifs is 1. The fourth-order valence-corrected chi connectivity index (χ4v) is 2.43. The molecule has 0 atom stereocenters. The summed E-state index contributed by atoms with van der Waals surface area (Å²) < 4.78 is 2.26. The molecule has 2 aromatic rings. The van der Waals surface area contributed by atoms with E-state index < -0.39 is 0 Å². The minimum Gasteiger partial charge on any atom is -0.339 e. The van der Waals surface area contributed by atoms with E-state index >= 15 is 0 Å². The molecule has 1 heterocycles. The lowest BCUT2D eigenvalue weighted by Gasteiger charge is -2.25. The van der Waals surface area contributed by atoms with Gasteiger partial charge in [-0.15, -0.1) is 0 Å². The molecule has 4 heteroatoms. The summed E-state index contributed by atoms with van der Waals surface area (Å²) >= 11 is 0. The van der Waals surface area contributed by atoms with Crippen LogP contribution in [0.15, 0.2) is 24.3 Å². The van der Waals surface area contributed by atoms with E-state index in [1.807, 2.05) is 12.1 Å². The van der Waals surface area contributed by atoms with Crippen LogP contribution in [-0.2, 0) is 12.0 Å². The number of hydrogen-bond acceptors (Lipinski definition) is 2. The number of rotatable bonds is 2. The molecule has 0 unspecified atom stereocenters. The van der Waals surface area contributed by atoms with Crippen LogP contribution >= 0.6 is 0 Å². The predicted octanol–water partition coefficient (Wildman–Crippen LogP) is 3.87. The molecule has 0 aliphatic heterocycles. The Hall–Kier alpha value is -1.84. The van der Waals surface area contributed by atoms with Gasteiger partial charge in [-0.05, 0) is 39.3 Å². The highest BCUT2D eigenvalue weighted by molar-refractivity contribution is 5.84. The molecule has 0 saturated heterocycles. The van der Waals surface area contributed by atoms with E-state index in [2.05, 4.69) is 32.3 Å². The summed E-state index contributed by atoms with van der Waals surface area (Å²) in [7, 11) is 0. The van der Waals surface area contributed by atoms with Crippen molar-refractivity contribution in [2.75, 3.05) is 0 Å². The molecule has 0 radical (unpaired) electrons. The van der Waals surface area contributed by atoms with E-state index in [1.165, 1.54) is 5.69 Å². The zero-order valence-corrected chi connectivity index (χ0v) is 11.2. The van der Waals surface area contributed by atoms with Gasteiger partial charge in [0.2, 0.25) is 0 Å². The van der Waals surface area contributed by atoms with Gasteiger partial charge in [-0.2, -0.15) is 0 Å². The molecule has 4 nitrogen and oxygen atoms in total. The summed E-state index contributed by atoms with van der Waals surface area (Å²) in [5.74, 6) is 0. The molecule has 0 bridgehead atoms. The van der Waals surface area contributed by atoms with Gasteiger partial charge in [-0.1, -0.05) is 6.92 Å². The number of benzene rings is 1.